The summed E-state index contributed by atoms with van der Waals surface area (Å²) in [4.78, 5) is 14.2. The second-order valence-electron chi connectivity index (χ2n) is 6.24. The van der Waals surface area contributed by atoms with Crippen LogP contribution in [0.25, 0.3) is 11.1 Å². The van der Waals surface area contributed by atoms with Gasteiger partial charge in [-0.1, -0.05) is 48.5 Å². The lowest BCUT2D eigenvalue weighted by atomic mass is 10.0. The smallest absolute Gasteiger partial charge is 0.328 e. The van der Waals surface area contributed by atoms with Crippen LogP contribution in [0.1, 0.15) is 13.8 Å². The van der Waals surface area contributed by atoms with Gasteiger partial charge in [-0.05, 0) is 37.7 Å². The van der Waals surface area contributed by atoms with Crippen LogP contribution in [0.15, 0.2) is 54.6 Å². The van der Waals surface area contributed by atoms with E-state index in [1.54, 1.807) is 4.90 Å². The summed E-state index contributed by atoms with van der Waals surface area (Å²) in [6.07, 6.45) is 0. The van der Waals surface area contributed by atoms with Crippen molar-refractivity contribution in [2.24, 2.45) is 0 Å². The number of hydrogen-bond acceptors (Lipinski definition) is 2. The summed E-state index contributed by atoms with van der Waals surface area (Å²) in [6.45, 7) is 4.58. The van der Waals surface area contributed by atoms with Crippen LogP contribution in [-0.4, -0.2) is 28.1 Å². The summed E-state index contributed by atoms with van der Waals surface area (Å²) in [7, 11) is 0. The summed E-state index contributed by atoms with van der Waals surface area (Å²) in [5.41, 5.74) is 2.62. The van der Waals surface area contributed by atoms with Crippen LogP contribution in [0.2, 0.25) is 0 Å². The van der Waals surface area contributed by atoms with Gasteiger partial charge in [0.2, 0.25) is 0 Å². The van der Waals surface area contributed by atoms with E-state index in [2.05, 4.69) is 10.6 Å². The molecule has 2 aromatic carbocycles. The molecule has 2 aromatic rings. The number of carbonyl (C=O) groups is 1. The lowest BCUT2D eigenvalue weighted by molar-refractivity contribution is 0.233. The summed E-state index contributed by atoms with van der Waals surface area (Å²) in [5, 5.41) is 6.59. The Balaban J connectivity index is 1.84. The van der Waals surface area contributed by atoms with Gasteiger partial charge in [-0.25, -0.2) is 4.79 Å². The molecule has 3 rings (SSSR count). The highest BCUT2D eigenvalue weighted by Gasteiger charge is 2.35. The van der Waals surface area contributed by atoms with Gasteiger partial charge < -0.3 is 10.6 Å². The Morgan fingerprint density at radius 2 is 1.78 bits per heavy atom. The van der Waals surface area contributed by atoms with Gasteiger partial charge in [-0.15, -0.1) is 0 Å². The van der Waals surface area contributed by atoms with Crippen LogP contribution in [-0.2, 0) is 0 Å². The third-order valence-corrected chi connectivity index (χ3v) is 4.06. The number of benzene rings is 2. The van der Waals surface area contributed by atoms with Crippen molar-refractivity contribution >= 4 is 29.0 Å². The SMILES string of the molecule is CC1(C)CN(C(=O)Nc2ccccc2-c2ccccc2)C(=S)N1. The summed E-state index contributed by atoms with van der Waals surface area (Å²) < 4.78 is 0. The molecule has 0 radical (unpaired) electrons. The standard InChI is InChI=1S/C18H19N3OS/c1-18(2)12-21(17(23)20-18)16(22)19-15-11-7-6-10-14(15)13-8-4-3-5-9-13/h3-11H,12H2,1-2H3,(H,19,22)(H,20,23). The minimum Gasteiger partial charge on any atom is -0.355 e. The fourth-order valence-electron chi connectivity index (χ4n) is 2.67. The number of thiocarbonyl (C=S) groups is 1. The van der Waals surface area contributed by atoms with Gasteiger partial charge in [0.25, 0.3) is 0 Å². The van der Waals surface area contributed by atoms with Crippen molar-refractivity contribution in [1.29, 1.82) is 0 Å². The van der Waals surface area contributed by atoms with Crippen LogP contribution in [0.5, 0.6) is 0 Å². The molecule has 5 heteroatoms. The van der Waals surface area contributed by atoms with E-state index < -0.39 is 0 Å². The predicted molar refractivity (Wildman–Crippen MR) is 97.4 cm³/mol. The molecule has 0 aliphatic carbocycles. The van der Waals surface area contributed by atoms with E-state index in [0.29, 0.717) is 11.7 Å². The number of nitrogens with one attached hydrogen (secondary N) is 2. The molecule has 1 aliphatic heterocycles. The third kappa shape index (κ3) is 3.35. The van der Waals surface area contributed by atoms with Crippen molar-refractivity contribution in [1.82, 2.24) is 10.2 Å². The molecule has 2 N–H and O–H groups in total. The molecule has 1 heterocycles. The minimum absolute atomic E-state index is 0.201. The summed E-state index contributed by atoms with van der Waals surface area (Å²) in [6, 6.07) is 17.5. The van der Waals surface area contributed by atoms with Crippen molar-refractivity contribution in [2.45, 2.75) is 19.4 Å². The molecule has 0 unspecified atom stereocenters. The Kier molecular flexibility index (Phi) is 4.05. The second-order valence-corrected chi connectivity index (χ2v) is 6.63. The number of carbonyl (C=O) groups excluding carboxylic acids is 1. The van der Waals surface area contributed by atoms with Crippen LogP contribution < -0.4 is 10.6 Å². The maximum Gasteiger partial charge on any atom is 0.328 e. The molecule has 0 bridgehead atoms. The van der Waals surface area contributed by atoms with Crippen LogP contribution in [0.4, 0.5) is 10.5 Å². The Labute approximate surface area is 141 Å². The van der Waals surface area contributed by atoms with Crippen LogP contribution in [0.3, 0.4) is 0 Å². The zero-order valence-corrected chi connectivity index (χ0v) is 14.0. The molecule has 0 saturated carbocycles. The average molecular weight is 325 g/mol. The van der Waals surface area contributed by atoms with Crippen molar-refractivity contribution in [3.8, 4) is 11.1 Å². The Bertz CT molecular complexity index is 743. The van der Waals surface area contributed by atoms with Gasteiger partial charge in [-0.2, -0.15) is 0 Å². The molecule has 1 saturated heterocycles. The van der Waals surface area contributed by atoms with Crippen molar-refractivity contribution in [2.75, 3.05) is 11.9 Å². The maximum absolute atomic E-state index is 12.6. The van der Waals surface area contributed by atoms with Crippen molar-refractivity contribution < 1.29 is 4.79 Å². The first kappa shape index (κ1) is 15.5. The van der Waals surface area contributed by atoms with Gasteiger partial charge >= 0.3 is 6.03 Å². The molecule has 0 spiro atoms. The molecule has 2 amide bonds. The number of amides is 2. The largest absolute Gasteiger partial charge is 0.355 e. The molecule has 118 valence electrons. The summed E-state index contributed by atoms with van der Waals surface area (Å²) >= 11 is 5.26. The highest BCUT2D eigenvalue weighted by molar-refractivity contribution is 7.80. The van der Waals surface area contributed by atoms with E-state index in [-0.39, 0.29) is 11.6 Å². The van der Waals surface area contributed by atoms with Crippen LogP contribution in [0, 0.1) is 0 Å². The highest BCUT2D eigenvalue weighted by Crippen LogP contribution is 2.28. The first-order chi connectivity index (χ1) is 11.0. The third-order valence-electron chi connectivity index (χ3n) is 3.74. The lowest BCUT2D eigenvalue weighted by Crippen LogP contribution is -2.37. The fraction of sp³-hybridized carbons (Fsp3) is 0.222. The molecular formula is C18H19N3OS. The first-order valence-corrected chi connectivity index (χ1v) is 7.92. The Hall–Kier alpha value is -2.40. The number of hydrogen-bond donors (Lipinski definition) is 2. The maximum atomic E-state index is 12.6. The zero-order valence-electron chi connectivity index (χ0n) is 13.2. The van der Waals surface area contributed by atoms with E-state index in [4.69, 9.17) is 12.2 Å². The fourth-order valence-corrected chi connectivity index (χ4v) is 3.10. The number of para-hydroxylation sites is 1. The second kappa shape index (κ2) is 6.01. The normalized spacial score (nSPS) is 16.1. The predicted octanol–water partition coefficient (Wildman–Crippen LogP) is 3.85. The Morgan fingerprint density at radius 3 is 2.43 bits per heavy atom. The number of nitrogens with zero attached hydrogens (tertiary/aromatic N) is 1. The van der Waals surface area contributed by atoms with Gasteiger partial charge in [0.15, 0.2) is 5.11 Å². The molecule has 1 fully saturated rings. The first-order valence-electron chi connectivity index (χ1n) is 7.51. The average Bonchev–Trinajstić information content (AvgIpc) is 2.82. The lowest BCUT2D eigenvalue weighted by Gasteiger charge is -2.19. The molecule has 0 atom stereocenters. The van der Waals surface area contributed by atoms with Crippen molar-refractivity contribution in [3.05, 3.63) is 54.6 Å². The van der Waals surface area contributed by atoms with Gasteiger partial charge in [0.1, 0.15) is 0 Å². The molecular weight excluding hydrogens is 306 g/mol. The molecule has 4 nitrogen and oxygen atoms in total. The minimum atomic E-state index is -0.212. The molecule has 1 aliphatic rings. The van der Waals surface area contributed by atoms with Crippen molar-refractivity contribution in [3.63, 3.8) is 0 Å². The Morgan fingerprint density at radius 1 is 1.13 bits per heavy atom. The van der Waals surface area contributed by atoms with Gasteiger partial charge in [-0.3, -0.25) is 4.90 Å². The van der Waals surface area contributed by atoms with Crippen LogP contribution >= 0.6 is 12.2 Å². The van der Waals surface area contributed by atoms with E-state index in [0.717, 1.165) is 16.8 Å². The molecule has 0 aromatic heterocycles. The van der Waals surface area contributed by atoms with Gasteiger partial charge in [0, 0.05) is 5.56 Å². The zero-order chi connectivity index (χ0) is 16.4. The quantitative estimate of drug-likeness (QED) is 0.824. The van der Waals surface area contributed by atoms with E-state index in [1.165, 1.54) is 0 Å². The summed E-state index contributed by atoms with van der Waals surface area (Å²) in [5.74, 6) is 0. The van der Waals surface area contributed by atoms with E-state index in [1.807, 2.05) is 68.4 Å². The monoisotopic (exact) mass is 325 g/mol. The number of urea groups is 1. The van der Waals surface area contributed by atoms with E-state index in [9.17, 15) is 4.79 Å². The van der Waals surface area contributed by atoms with E-state index >= 15 is 0 Å². The highest BCUT2D eigenvalue weighted by atomic mass is 32.1. The topological polar surface area (TPSA) is 44.4 Å². The number of rotatable bonds is 2. The molecule has 23 heavy (non-hydrogen) atoms. The van der Waals surface area contributed by atoms with Gasteiger partial charge in [0.05, 0.1) is 17.8 Å². The number of anilines is 1.